The molecule has 1 aromatic carbocycles. The van der Waals surface area contributed by atoms with Gasteiger partial charge in [-0.15, -0.1) is 12.4 Å². The van der Waals surface area contributed by atoms with Gasteiger partial charge in [0, 0.05) is 12.0 Å². The number of hydrogen-bond acceptors (Lipinski definition) is 4. The fourth-order valence-corrected chi connectivity index (χ4v) is 1.32. The number of carbonyl (C=O) groups excluding carboxylic acids is 2. The average molecular weight is 258 g/mol. The number of benzene rings is 1. The summed E-state index contributed by atoms with van der Waals surface area (Å²) in [7, 11) is 1.31. The highest BCUT2D eigenvalue weighted by molar-refractivity contribution is 6.00. The lowest BCUT2D eigenvalue weighted by Gasteiger charge is -2.09. The van der Waals surface area contributed by atoms with Crippen molar-refractivity contribution in [3.63, 3.8) is 0 Å². The fourth-order valence-electron chi connectivity index (χ4n) is 1.32. The molecule has 0 aromatic heterocycles. The molecule has 1 aromatic rings. The summed E-state index contributed by atoms with van der Waals surface area (Å²) in [5.74, 6) is -0.499. The van der Waals surface area contributed by atoms with Crippen LogP contribution in [0, 0.1) is 0 Å². The normalized spacial score (nSPS) is 11.2. The number of halogens is 1. The van der Waals surface area contributed by atoms with Crippen molar-refractivity contribution >= 4 is 24.2 Å². The molecular formula is C12H16ClNO3. The lowest BCUT2D eigenvalue weighted by atomic mass is 10.0. The maximum absolute atomic E-state index is 11.8. The van der Waals surface area contributed by atoms with Crippen LogP contribution in [0.3, 0.4) is 0 Å². The number of nitrogens with two attached hydrogens (primary N) is 1. The molecule has 1 rings (SSSR count). The highest BCUT2D eigenvalue weighted by Gasteiger charge is 2.16. The summed E-state index contributed by atoms with van der Waals surface area (Å²) < 4.78 is 4.48. The van der Waals surface area contributed by atoms with Crippen LogP contribution >= 0.6 is 12.4 Å². The second kappa shape index (κ2) is 7.81. The molecule has 2 N–H and O–H groups in total. The monoisotopic (exact) mass is 257 g/mol. The van der Waals surface area contributed by atoms with E-state index in [1.165, 1.54) is 7.11 Å². The molecule has 17 heavy (non-hydrogen) atoms. The van der Waals surface area contributed by atoms with E-state index in [2.05, 4.69) is 4.74 Å². The third-order valence-corrected chi connectivity index (χ3v) is 2.28. The molecule has 0 amide bonds. The molecule has 0 spiro atoms. The Labute approximate surface area is 107 Å². The van der Waals surface area contributed by atoms with Gasteiger partial charge in [-0.25, -0.2) is 0 Å². The van der Waals surface area contributed by atoms with Gasteiger partial charge < -0.3 is 10.5 Å². The van der Waals surface area contributed by atoms with E-state index in [4.69, 9.17) is 5.73 Å². The van der Waals surface area contributed by atoms with Gasteiger partial charge in [-0.05, 0) is 6.42 Å². The smallest absolute Gasteiger partial charge is 0.305 e. The van der Waals surface area contributed by atoms with Crippen molar-refractivity contribution < 1.29 is 14.3 Å². The number of ether oxygens (including phenoxy) is 1. The number of methoxy groups -OCH3 is 1. The second-order valence-electron chi connectivity index (χ2n) is 3.45. The van der Waals surface area contributed by atoms with Gasteiger partial charge in [0.05, 0.1) is 13.2 Å². The van der Waals surface area contributed by atoms with Crippen molar-refractivity contribution in [2.75, 3.05) is 7.11 Å². The van der Waals surface area contributed by atoms with Crippen molar-refractivity contribution in [1.29, 1.82) is 0 Å². The summed E-state index contributed by atoms with van der Waals surface area (Å²) in [6.07, 6.45) is 0.469. The lowest BCUT2D eigenvalue weighted by Crippen LogP contribution is -2.31. The fraction of sp³-hybridized carbons (Fsp3) is 0.333. The predicted molar refractivity (Wildman–Crippen MR) is 67.2 cm³/mol. The maximum Gasteiger partial charge on any atom is 0.305 e. The molecule has 0 heterocycles. The molecule has 0 aliphatic carbocycles. The predicted octanol–water partition coefficient (Wildman–Crippen LogP) is 1.57. The minimum Gasteiger partial charge on any atom is -0.469 e. The molecule has 0 radical (unpaired) electrons. The minimum atomic E-state index is -0.651. The largest absolute Gasteiger partial charge is 0.469 e. The van der Waals surface area contributed by atoms with Crippen LogP contribution in [0.4, 0.5) is 0 Å². The molecule has 0 bridgehead atoms. The third kappa shape index (κ3) is 4.97. The summed E-state index contributed by atoms with van der Waals surface area (Å²) in [6.45, 7) is 0. The Bertz CT molecular complexity index is 367. The number of hydrogen-bond donors (Lipinski definition) is 1. The molecule has 1 atom stereocenters. The number of esters is 1. The molecule has 0 saturated heterocycles. The van der Waals surface area contributed by atoms with Gasteiger partial charge in [-0.2, -0.15) is 0 Å². The Kier molecular flexibility index (Phi) is 7.18. The highest BCUT2D eigenvalue weighted by Crippen LogP contribution is 2.06. The van der Waals surface area contributed by atoms with E-state index in [9.17, 15) is 9.59 Å². The molecule has 0 saturated carbocycles. The zero-order chi connectivity index (χ0) is 12.0. The van der Waals surface area contributed by atoms with Crippen molar-refractivity contribution in [2.45, 2.75) is 18.9 Å². The standard InChI is InChI=1S/C12H15NO3.ClH/c1-16-11(14)8-7-10(13)12(15)9-5-3-2-4-6-9;/h2-6,10H,7-8,13H2,1H3;1H. The minimum absolute atomic E-state index is 0. The highest BCUT2D eigenvalue weighted by atomic mass is 35.5. The zero-order valence-electron chi connectivity index (χ0n) is 9.59. The third-order valence-electron chi connectivity index (χ3n) is 2.28. The number of carbonyl (C=O) groups is 2. The number of ketones is 1. The van der Waals surface area contributed by atoms with Crippen LogP contribution < -0.4 is 5.73 Å². The summed E-state index contributed by atoms with van der Waals surface area (Å²) in [6, 6.07) is 8.15. The van der Waals surface area contributed by atoms with Crippen molar-refractivity contribution in [1.82, 2.24) is 0 Å². The van der Waals surface area contributed by atoms with E-state index in [0.717, 1.165) is 0 Å². The molecule has 4 nitrogen and oxygen atoms in total. The van der Waals surface area contributed by atoms with E-state index < -0.39 is 6.04 Å². The molecule has 1 unspecified atom stereocenters. The lowest BCUT2D eigenvalue weighted by molar-refractivity contribution is -0.140. The Morgan fingerprint density at radius 1 is 1.29 bits per heavy atom. The van der Waals surface area contributed by atoms with Crippen molar-refractivity contribution in [3.8, 4) is 0 Å². The van der Waals surface area contributed by atoms with Gasteiger partial charge in [0.1, 0.15) is 0 Å². The van der Waals surface area contributed by atoms with Crippen LogP contribution in [-0.4, -0.2) is 24.9 Å². The van der Waals surface area contributed by atoms with Gasteiger partial charge in [0.15, 0.2) is 5.78 Å². The number of rotatable bonds is 5. The molecule has 0 aliphatic heterocycles. The summed E-state index contributed by atoms with van der Waals surface area (Å²) in [4.78, 5) is 22.7. The van der Waals surface area contributed by atoms with Crippen LogP contribution in [0.1, 0.15) is 23.2 Å². The van der Waals surface area contributed by atoms with Gasteiger partial charge >= 0.3 is 5.97 Å². The molecular weight excluding hydrogens is 242 g/mol. The number of Topliss-reactive ketones (excluding diaryl/α,β-unsaturated/α-hetero) is 1. The van der Waals surface area contributed by atoms with Gasteiger partial charge in [-0.3, -0.25) is 9.59 Å². The van der Waals surface area contributed by atoms with Gasteiger partial charge in [0.2, 0.25) is 0 Å². The first-order chi connectivity index (χ1) is 7.65. The Balaban J connectivity index is 0.00000256. The van der Waals surface area contributed by atoms with E-state index in [-0.39, 0.29) is 30.6 Å². The molecule has 0 aliphatic rings. The van der Waals surface area contributed by atoms with Crippen LogP contribution in [0.25, 0.3) is 0 Å². The average Bonchev–Trinajstić information content (AvgIpc) is 2.35. The topological polar surface area (TPSA) is 69.4 Å². The van der Waals surface area contributed by atoms with Crippen LogP contribution in [-0.2, 0) is 9.53 Å². The molecule has 0 fully saturated rings. The first kappa shape index (κ1) is 15.6. The van der Waals surface area contributed by atoms with Crippen LogP contribution in [0.5, 0.6) is 0 Å². The van der Waals surface area contributed by atoms with E-state index in [0.29, 0.717) is 12.0 Å². The van der Waals surface area contributed by atoms with Gasteiger partial charge in [0.25, 0.3) is 0 Å². The van der Waals surface area contributed by atoms with Crippen LogP contribution in [0.15, 0.2) is 30.3 Å². The SMILES string of the molecule is COC(=O)CCC(N)C(=O)c1ccccc1.Cl. The molecule has 94 valence electrons. The van der Waals surface area contributed by atoms with Crippen molar-refractivity contribution in [3.05, 3.63) is 35.9 Å². The first-order valence-corrected chi connectivity index (χ1v) is 5.07. The summed E-state index contributed by atoms with van der Waals surface area (Å²) in [5.41, 5.74) is 6.26. The Hall–Kier alpha value is -1.39. The Morgan fingerprint density at radius 2 is 1.88 bits per heavy atom. The van der Waals surface area contributed by atoms with Gasteiger partial charge in [-0.1, -0.05) is 30.3 Å². The summed E-state index contributed by atoms with van der Waals surface area (Å²) in [5, 5.41) is 0. The maximum atomic E-state index is 11.8. The van der Waals surface area contributed by atoms with E-state index >= 15 is 0 Å². The second-order valence-corrected chi connectivity index (χ2v) is 3.45. The molecule has 5 heteroatoms. The van der Waals surface area contributed by atoms with Crippen LogP contribution in [0.2, 0.25) is 0 Å². The summed E-state index contributed by atoms with van der Waals surface area (Å²) >= 11 is 0. The quantitative estimate of drug-likeness (QED) is 0.642. The zero-order valence-corrected chi connectivity index (χ0v) is 10.4. The van der Waals surface area contributed by atoms with E-state index in [1.54, 1.807) is 24.3 Å². The van der Waals surface area contributed by atoms with Crippen molar-refractivity contribution in [2.24, 2.45) is 5.73 Å². The van der Waals surface area contributed by atoms with E-state index in [1.807, 2.05) is 6.07 Å². The Morgan fingerprint density at radius 3 is 2.41 bits per heavy atom. The first-order valence-electron chi connectivity index (χ1n) is 5.07.